The number of nitrogens with one attached hydrogen (secondary N) is 1. The summed E-state index contributed by atoms with van der Waals surface area (Å²) in [4.78, 5) is 11.2. The topological polar surface area (TPSA) is 55.1 Å². The molecule has 0 saturated heterocycles. The first kappa shape index (κ1) is 18.2. The van der Waals surface area contributed by atoms with E-state index in [-0.39, 0.29) is 29.3 Å². The summed E-state index contributed by atoms with van der Waals surface area (Å²) in [6, 6.07) is 2.99. The molecule has 3 rings (SSSR count). The maximum absolute atomic E-state index is 14.6. The van der Waals surface area contributed by atoms with Gasteiger partial charge >= 0.3 is 0 Å². The van der Waals surface area contributed by atoms with Crippen molar-refractivity contribution in [2.45, 2.75) is 70.3 Å². The lowest BCUT2D eigenvalue weighted by atomic mass is 9.79. The third kappa shape index (κ3) is 4.31. The molecule has 1 amide bonds. The van der Waals surface area contributed by atoms with E-state index in [1.54, 1.807) is 0 Å². The van der Waals surface area contributed by atoms with Gasteiger partial charge in [-0.25, -0.2) is 8.78 Å². The molecule has 0 spiro atoms. The Bertz CT molecular complexity index is 595. The van der Waals surface area contributed by atoms with E-state index in [9.17, 15) is 13.6 Å². The zero-order chi connectivity index (χ0) is 18.0. The molecular weight excluding hydrogens is 322 g/mol. The Hall–Kier alpha value is -1.65. The van der Waals surface area contributed by atoms with Crippen LogP contribution in [0.25, 0.3) is 0 Å². The van der Waals surface area contributed by atoms with Gasteiger partial charge in [0.1, 0.15) is 11.6 Å². The van der Waals surface area contributed by atoms with Gasteiger partial charge in [0.15, 0.2) is 0 Å². The molecule has 0 aromatic heterocycles. The molecule has 0 unspecified atom stereocenters. The van der Waals surface area contributed by atoms with Gasteiger partial charge in [0.2, 0.25) is 5.91 Å². The highest BCUT2D eigenvalue weighted by Crippen LogP contribution is 2.38. The van der Waals surface area contributed by atoms with E-state index in [1.165, 1.54) is 12.1 Å². The van der Waals surface area contributed by atoms with Gasteiger partial charge in [-0.3, -0.25) is 4.79 Å². The minimum atomic E-state index is -0.437. The molecule has 2 aliphatic carbocycles. The minimum Gasteiger partial charge on any atom is -0.382 e. The molecule has 5 heteroatoms. The number of nitrogens with two attached hydrogens (primary N) is 1. The van der Waals surface area contributed by atoms with E-state index in [2.05, 4.69) is 12.2 Å². The van der Waals surface area contributed by atoms with E-state index in [0.717, 1.165) is 51.4 Å². The average molecular weight is 350 g/mol. The highest BCUT2D eigenvalue weighted by molar-refractivity contribution is 5.76. The van der Waals surface area contributed by atoms with Crippen molar-refractivity contribution >= 4 is 11.6 Å². The Labute approximate surface area is 148 Å². The lowest BCUT2D eigenvalue weighted by Crippen LogP contribution is -2.32. The van der Waals surface area contributed by atoms with Crippen LogP contribution in [0.2, 0.25) is 0 Å². The molecule has 0 heterocycles. The van der Waals surface area contributed by atoms with E-state index in [4.69, 9.17) is 5.73 Å². The molecule has 3 N–H and O–H groups in total. The average Bonchev–Trinajstić information content (AvgIpc) is 2.56. The summed E-state index contributed by atoms with van der Waals surface area (Å²) < 4.78 is 29.1. The van der Waals surface area contributed by atoms with E-state index < -0.39 is 11.6 Å². The summed E-state index contributed by atoms with van der Waals surface area (Å²) >= 11 is 0. The van der Waals surface area contributed by atoms with Crippen LogP contribution in [-0.2, 0) is 4.79 Å². The molecule has 0 radical (unpaired) electrons. The zero-order valence-electron chi connectivity index (χ0n) is 14.9. The number of benzene rings is 1. The first-order chi connectivity index (χ1) is 11.9. The van der Waals surface area contributed by atoms with E-state index in [1.807, 2.05) is 0 Å². The SMILES string of the molecule is CC1CCC(c2c(F)cc(NC3CCC(C(N)=O)CC3)cc2F)CC1. The minimum absolute atomic E-state index is 0.00347. The van der Waals surface area contributed by atoms with Crippen LogP contribution in [0.4, 0.5) is 14.5 Å². The molecule has 0 bridgehead atoms. The molecule has 25 heavy (non-hydrogen) atoms. The Morgan fingerprint density at radius 2 is 1.56 bits per heavy atom. The fraction of sp³-hybridized carbons (Fsp3) is 0.650. The second-order valence-electron chi connectivity index (χ2n) is 7.91. The number of primary amides is 1. The van der Waals surface area contributed by atoms with Crippen molar-refractivity contribution in [2.24, 2.45) is 17.6 Å². The summed E-state index contributed by atoms with van der Waals surface area (Å²) in [6.07, 6.45) is 6.84. The predicted molar refractivity (Wildman–Crippen MR) is 95.3 cm³/mol. The van der Waals surface area contributed by atoms with Crippen molar-refractivity contribution in [1.29, 1.82) is 0 Å². The second-order valence-corrected chi connectivity index (χ2v) is 7.91. The van der Waals surface area contributed by atoms with Crippen LogP contribution in [0.1, 0.15) is 69.8 Å². The van der Waals surface area contributed by atoms with Crippen LogP contribution in [0.3, 0.4) is 0 Å². The van der Waals surface area contributed by atoms with E-state index >= 15 is 0 Å². The molecule has 0 aliphatic heterocycles. The van der Waals surface area contributed by atoms with Crippen molar-refractivity contribution in [2.75, 3.05) is 5.32 Å². The van der Waals surface area contributed by atoms with Gasteiger partial charge in [-0.1, -0.05) is 19.8 Å². The summed E-state index contributed by atoms with van der Waals surface area (Å²) in [6.45, 7) is 2.20. The number of anilines is 1. The summed E-state index contributed by atoms with van der Waals surface area (Å²) in [5.74, 6) is -0.542. The largest absolute Gasteiger partial charge is 0.382 e. The fourth-order valence-corrected chi connectivity index (χ4v) is 4.36. The van der Waals surface area contributed by atoms with Gasteiger partial charge in [0, 0.05) is 23.2 Å². The number of hydrogen-bond donors (Lipinski definition) is 2. The van der Waals surface area contributed by atoms with Crippen molar-refractivity contribution in [3.8, 4) is 0 Å². The molecule has 2 fully saturated rings. The molecule has 138 valence electrons. The third-order valence-corrected chi connectivity index (χ3v) is 6.00. The number of halogens is 2. The number of amides is 1. The first-order valence-electron chi connectivity index (χ1n) is 9.48. The van der Waals surface area contributed by atoms with Crippen LogP contribution in [0.5, 0.6) is 0 Å². The lowest BCUT2D eigenvalue weighted by molar-refractivity contribution is -0.122. The molecule has 1 aromatic carbocycles. The zero-order valence-corrected chi connectivity index (χ0v) is 14.9. The second kappa shape index (κ2) is 7.71. The maximum Gasteiger partial charge on any atom is 0.220 e. The predicted octanol–water partition coefficient (Wildman–Crippen LogP) is 4.71. The monoisotopic (exact) mass is 350 g/mol. The van der Waals surface area contributed by atoms with Crippen molar-refractivity contribution in [3.05, 3.63) is 29.3 Å². The first-order valence-corrected chi connectivity index (χ1v) is 9.48. The van der Waals surface area contributed by atoms with Gasteiger partial charge in [0.25, 0.3) is 0 Å². The fourth-order valence-electron chi connectivity index (χ4n) is 4.36. The highest BCUT2D eigenvalue weighted by Gasteiger charge is 2.27. The van der Waals surface area contributed by atoms with Crippen molar-refractivity contribution < 1.29 is 13.6 Å². The van der Waals surface area contributed by atoms with Crippen LogP contribution in [-0.4, -0.2) is 11.9 Å². The van der Waals surface area contributed by atoms with Gasteiger partial charge < -0.3 is 11.1 Å². The van der Waals surface area contributed by atoms with Gasteiger partial charge in [-0.15, -0.1) is 0 Å². The highest BCUT2D eigenvalue weighted by atomic mass is 19.1. The Balaban J connectivity index is 1.65. The summed E-state index contributed by atoms with van der Waals surface area (Å²) in [5.41, 5.74) is 6.09. The molecular formula is C20H28F2N2O. The Morgan fingerprint density at radius 3 is 2.08 bits per heavy atom. The molecule has 3 nitrogen and oxygen atoms in total. The third-order valence-electron chi connectivity index (χ3n) is 6.00. The van der Waals surface area contributed by atoms with E-state index in [0.29, 0.717) is 11.6 Å². The number of rotatable bonds is 4. The van der Waals surface area contributed by atoms with Gasteiger partial charge in [-0.2, -0.15) is 0 Å². The van der Waals surface area contributed by atoms with Crippen LogP contribution in [0, 0.1) is 23.5 Å². The Kier molecular flexibility index (Phi) is 5.60. The summed E-state index contributed by atoms with van der Waals surface area (Å²) in [5, 5.41) is 3.23. The number of carbonyl (C=O) groups is 1. The van der Waals surface area contributed by atoms with Crippen LogP contribution < -0.4 is 11.1 Å². The van der Waals surface area contributed by atoms with Crippen LogP contribution >= 0.6 is 0 Å². The summed E-state index contributed by atoms with van der Waals surface area (Å²) in [7, 11) is 0. The number of hydrogen-bond acceptors (Lipinski definition) is 2. The lowest BCUT2D eigenvalue weighted by Gasteiger charge is -2.29. The normalized spacial score (nSPS) is 30.0. The molecule has 2 saturated carbocycles. The van der Waals surface area contributed by atoms with Crippen molar-refractivity contribution in [1.82, 2.24) is 0 Å². The van der Waals surface area contributed by atoms with Crippen LogP contribution in [0.15, 0.2) is 12.1 Å². The standard InChI is InChI=1S/C20H28F2N2O/c1-12-2-4-13(5-3-12)19-17(21)10-16(11-18(19)22)24-15-8-6-14(7-9-15)20(23)25/h10-15,24H,2-9H2,1H3,(H2,23,25). The van der Waals surface area contributed by atoms with Gasteiger partial charge in [0.05, 0.1) is 0 Å². The molecule has 0 atom stereocenters. The number of carbonyl (C=O) groups excluding carboxylic acids is 1. The quantitative estimate of drug-likeness (QED) is 0.826. The van der Waals surface area contributed by atoms with Crippen molar-refractivity contribution in [3.63, 3.8) is 0 Å². The molecule has 1 aromatic rings. The Morgan fingerprint density at radius 1 is 1.00 bits per heavy atom. The van der Waals surface area contributed by atoms with Gasteiger partial charge in [-0.05, 0) is 62.5 Å². The maximum atomic E-state index is 14.6. The smallest absolute Gasteiger partial charge is 0.220 e. The molecule has 2 aliphatic rings.